The number of halogens is 1. The molecule has 6 heteroatoms. The van der Waals surface area contributed by atoms with Gasteiger partial charge in [0.05, 0.1) is 24.1 Å². The molecule has 1 amide bonds. The number of carbonyl (C=O) groups excluding carboxylic acids is 1. The number of fused-ring (bicyclic) bond motifs is 1. The lowest BCUT2D eigenvalue weighted by atomic mass is 10.1. The number of hydrogen-bond acceptors (Lipinski definition) is 3. The lowest BCUT2D eigenvalue weighted by Crippen LogP contribution is -2.26. The van der Waals surface area contributed by atoms with Crippen molar-refractivity contribution in [2.24, 2.45) is 0 Å². The molecule has 4 aromatic rings. The van der Waals surface area contributed by atoms with Crippen molar-refractivity contribution in [2.45, 2.75) is 39.2 Å². The summed E-state index contributed by atoms with van der Waals surface area (Å²) in [5, 5.41) is 3.78. The summed E-state index contributed by atoms with van der Waals surface area (Å²) >= 11 is 6.10. The smallest absolute Gasteiger partial charge is 0.224 e. The Morgan fingerprint density at radius 3 is 2.65 bits per heavy atom. The van der Waals surface area contributed by atoms with Crippen LogP contribution in [0, 0.1) is 6.92 Å². The van der Waals surface area contributed by atoms with Crippen LogP contribution in [0.5, 0.6) is 5.75 Å². The first-order chi connectivity index (χ1) is 16.6. The molecule has 4 rings (SSSR count). The molecule has 0 saturated carbocycles. The Morgan fingerprint density at radius 2 is 1.82 bits per heavy atom. The normalized spacial score (nSPS) is 11.0. The fourth-order valence-electron chi connectivity index (χ4n) is 4.00. The number of para-hydroxylation sites is 2. The molecule has 0 aliphatic carbocycles. The summed E-state index contributed by atoms with van der Waals surface area (Å²) in [6.45, 7) is 4.04. The van der Waals surface area contributed by atoms with Crippen molar-refractivity contribution in [2.75, 3.05) is 13.2 Å². The van der Waals surface area contributed by atoms with Gasteiger partial charge in [0.25, 0.3) is 0 Å². The largest absolute Gasteiger partial charge is 0.494 e. The highest BCUT2D eigenvalue weighted by atomic mass is 35.5. The highest BCUT2D eigenvalue weighted by Crippen LogP contribution is 2.22. The third-order valence-electron chi connectivity index (χ3n) is 5.76. The maximum atomic E-state index is 12.2. The van der Waals surface area contributed by atoms with Gasteiger partial charge < -0.3 is 14.6 Å². The van der Waals surface area contributed by atoms with Gasteiger partial charge in [-0.25, -0.2) is 4.98 Å². The standard InChI is InChI=1S/C28H30ClN3O2/c1-21-19-23(14-15-24(21)29)34-18-8-17-32-26-12-6-5-11-25(26)31-27(32)13-7-16-30-28(33)20-22-9-3-2-4-10-22/h2-6,9-12,14-15,19H,7-8,13,16-18,20H2,1H3,(H,30,33). The van der Waals surface area contributed by atoms with Crippen LogP contribution in [0.25, 0.3) is 11.0 Å². The van der Waals surface area contributed by atoms with Crippen molar-refractivity contribution in [1.82, 2.24) is 14.9 Å². The van der Waals surface area contributed by atoms with Gasteiger partial charge in [-0.2, -0.15) is 0 Å². The monoisotopic (exact) mass is 475 g/mol. The highest BCUT2D eigenvalue weighted by Gasteiger charge is 2.11. The van der Waals surface area contributed by atoms with Crippen molar-refractivity contribution in [3.05, 3.63) is 94.8 Å². The molecule has 0 bridgehead atoms. The van der Waals surface area contributed by atoms with Gasteiger partial charge in [0, 0.05) is 24.5 Å². The van der Waals surface area contributed by atoms with Crippen LogP contribution in [0.1, 0.15) is 29.8 Å². The summed E-state index contributed by atoms with van der Waals surface area (Å²) in [6, 6.07) is 23.8. The minimum absolute atomic E-state index is 0.0503. The molecule has 0 saturated heterocycles. The van der Waals surface area contributed by atoms with Crippen molar-refractivity contribution >= 4 is 28.5 Å². The second kappa shape index (κ2) is 11.7. The van der Waals surface area contributed by atoms with E-state index in [1.54, 1.807) is 0 Å². The number of aromatic nitrogens is 2. The maximum absolute atomic E-state index is 12.2. The van der Waals surface area contributed by atoms with Crippen molar-refractivity contribution in [3.63, 3.8) is 0 Å². The molecule has 0 spiro atoms. The second-order valence-corrected chi connectivity index (χ2v) is 8.80. The summed E-state index contributed by atoms with van der Waals surface area (Å²) in [4.78, 5) is 17.1. The number of nitrogens with zero attached hydrogens (tertiary/aromatic N) is 2. The number of rotatable bonds is 11. The van der Waals surface area contributed by atoms with Crippen LogP contribution < -0.4 is 10.1 Å². The third-order valence-corrected chi connectivity index (χ3v) is 6.19. The first-order valence-corrected chi connectivity index (χ1v) is 12.1. The summed E-state index contributed by atoms with van der Waals surface area (Å²) in [5.74, 6) is 1.93. The summed E-state index contributed by atoms with van der Waals surface area (Å²) in [7, 11) is 0. The Morgan fingerprint density at radius 1 is 1.03 bits per heavy atom. The van der Waals surface area contributed by atoms with E-state index in [1.165, 1.54) is 0 Å². The number of aryl methyl sites for hydroxylation is 3. The van der Waals surface area contributed by atoms with E-state index in [0.717, 1.165) is 64.6 Å². The van der Waals surface area contributed by atoms with Crippen LogP contribution in [0.3, 0.4) is 0 Å². The molecular weight excluding hydrogens is 446 g/mol. The Labute approximate surface area is 205 Å². The number of carbonyl (C=O) groups is 1. The summed E-state index contributed by atoms with van der Waals surface area (Å²) in [6.07, 6.45) is 2.91. The van der Waals surface area contributed by atoms with Crippen molar-refractivity contribution in [3.8, 4) is 5.75 Å². The molecular formula is C28H30ClN3O2. The minimum atomic E-state index is 0.0503. The molecule has 176 valence electrons. The molecule has 0 atom stereocenters. The van der Waals surface area contributed by atoms with Gasteiger partial charge in [-0.05, 0) is 61.2 Å². The predicted molar refractivity (Wildman–Crippen MR) is 138 cm³/mol. The average molecular weight is 476 g/mol. The molecule has 0 aliphatic heterocycles. The molecule has 1 aromatic heterocycles. The second-order valence-electron chi connectivity index (χ2n) is 8.40. The first-order valence-electron chi connectivity index (χ1n) is 11.7. The van der Waals surface area contributed by atoms with Crippen LogP contribution in [0.15, 0.2) is 72.8 Å². The number of ether oxygens (including phenoxy) is 1. The van der Waals surface area contributed by atoms with Crippen LogP contribution in [-0.2, 0) is 24.2 Å². The number of amides is 1. The molecule has 1 N–H and O–H groups in total. The Kier molecular flexibility index (Phi) is 8.21. The molecule has 0 aliphatic rings. The molecule has 1 heterocycles. The van der Waals surface area contributed by atoms with Gasteiger partial charge in [-0.3, -0.25) is 4.79 Å². The Bertz CT molecular complexity index is 1240. The minimum Gasteiger partial charge on any atom is -0.494 e. The van der Waals surface area contributed by atoms with E-state index in [1.807, 2.05) is 73.7 Å². The quantitative estimate of drug-likeness (QED) is 0.281. The van der Waals surface area contributed by atoms with Crippen molar-refractivity contribution < 1.29 is 9.53 Å². The van der Waals surface area contributed by atoms with Gasteiger partial charge >= 0.3 is 0 Å². The van der Waals surface area contributed by atoms with Crippen LogP contribution in [-0.4, -0.2) is 28.6 Å². The van der Waals surface area contributed by atoms with E-state index in [9.17, 15) is 4.79 Å². The molecule has 0 fully saturated rings. The van der Waals surface area contributed by atoms with Gasteiger partial charge in [-0.15, -0.1) is 0 Å². The average Bonchev–Trinajstić information content (AvgIpc) is 3.20. The third kappa shape index (κ3) is 6.39. The molecule has 5 nitrogen and oxygen atoms in total. The summed E-state index contributed by atoms with van der Waals surface area (Å²) < 4.78 is 8.20. The topological polar surface area (TPSA) is 56.1 Å². The van der Waals surface area contributed by atoms with Gasteiger partial charge in [-0.1, -0.05) is 54.1 Å². The van der Waals surface area contributed by atoms with Crippen LogP contribution >= 0.6 is 11.6 Å². The zero-order chi connectivity index (χ0) is 23.8. The van der Waals surface area contributed by atoms with Crippen LogP contribution in [0.2, 0.25) is 5.02 Å². The fourth-order valence-corrected chi connectivity index (χ4v) is 4.12. The van der Waals surface area contributed by atoms with E-state index in [-0.39, 0.29) is 5.91 Å². The van der Waals surface area contributed by atoms with Gasteiger partial charge in [0.2, 0.25) is 5.91 Å². The van der Waals surface area contributed by atoms with E-state index in [4.69, 9.17) is 21.3 Å². The highest BCUT2D eigenvalue weighted by molar-refractivity contribution is 6.31. The zero-order valence-electron chi connectivity index (χ0n) is 19.5. The van der Waals surface area contributed by atoms with Crippen molar-refractivity contribution in [1.29, 1.82) is 0 Å². The number of imidazole rings is 1. The number of nitrogens with one attached hydrogen (secondary N) is 1. The van der Waals surface area contributed by atoms with Gasteiger partial charge in [0.15, 0.2) is 0 Å². The molecule has 3 aromatic carbocycles. The lowest BCUT2D eigenvalue weighted by Gasteiger charge is -2.11. The maximum Gasteiger partial charge on any atom is 0.224 e. The van der Waals surface area contributed by atoms with E-state index >= 15 is 0 Å². The van der Waals surface area contributed by atoms with E-state index in [2.05, 4.69) is 16.0 Å². The summed E-state index contributed by atoms with van der Waals surface area (Å²) in [5.41, 5.74) is 4.17. The molecule has 0 radical (unpaired) electrons. The predicted octanol–water partition coefficient (Wildman–Crippen LogP) is 5.76. The van der Waals surface area contributed by atoms with Gasteiger partial charge in [0.1, 0.15) is 11.6 Å². The first kappa shape index (κ1) is 23.8. The fraction of sp³-hybridized carbons (Fsp3) is 0.286. The zero-order valence-corrected chi connectivity index (χ0v) is 20.2. The lowest BCUT2D eigenvalue weighted by molar-refractivity contribution is -0.120. The Balaban J connectivity index is 1.29. The molecule has 34 heavy (non-hydrogen) atoms. The van der Waals surface area contributed by atoms with E-state index in [0.29, 0.717) is 19.6 Å². The molecule has 0 unspecified atom stereocenters. The van der Waals surface area contributed by atoms with Crippen LogP contribution in [0.4, 0.5) is 0 Å². The Hall–Kier alpha value is -3.31. The number of hydrogen-bond donors (Lipinski definition) is 1. The van der Waals surface area contributed by atoms with E-state index < -0.39 is 0 Å². The SMILES string of the molecule is Cc1cc(OCCCn2c(CCCNC(=O)Cc3ccccc3)nc3ccccc32)ccc1Cl. The number of benzene rings is 3.